The summed E-state index contributed by atoms with van der Waals surface area (Å²) in [4.78, 5) is 22.7. The highest BCUT2D eigenvalue weighted by atomic mass is 32.2. The van der Waals surface area contributed by atoms with Crippen LogP contribution in [0.1, 0.15) is 18.4 Å². The maximum absolute atomic E-state index is 13.8. The predicted molar refractivity (Wildman–Crippen MR) is 103 cm³/mol. The number of anilines is 1. The first-order chi connectivity index (χ1) is 13.7. The van der Waals surface area contributed by atoms with Crippen LogP contribution in [0.25, 0.3) is 0 Å². The molecule has 2 aromatic rings. The Bertz CT molecular complexity index is 1060. The van der Waals surface area contributed by atoms with Gasteiger partial charge in [-0.15, -0.1) is 0 Å². The maximum atomic E-state index is 13.8. The fraction of sp³-hybridized carbons (Fsp3) is 0.278. The molecule has 0 saturated carbocycles. The van der Waals surface area contributed by atoms with Crippen molar-refractivity contribution in [2.45, 2.75) is 30.3 Å². The van der Waals surface area contributed by atoms with Crippen molar-refractivity contribution in [2.75, 3.05) is 11.3 Å². The number of hydrogen-bond donors (Lipinski definition) is 2. The SMILES string of the molecule is NC(=O)C1CCCN1Cc1cccc(NS(=O)(=O)c2cccc(F)c2[N+](=O)[O-])c1. The van der Waals surface area contributed by atoms with Crippen molar-refractivity contribution in [1.29, 1.82) is 0 Å². The standard InChI is InChI=1S/C18H19FN4O5S/c19-14-6-2-8-16(17(14)23(25)26)29(27,28)21-13-5-1-4-12(10-13)11-22-9-3-7-15(22)18(20)24/h1-2,4-6,8,10,15,21H,3,7,9,11H2,(H2,20,24). The van der Waals surface area contributed by atoms with Crippen LogP contribution in [0.15, 0.2) is 47.4 Å². The lowest BCUT2D eigenvalue weighted by Crippen LogP contribution is -2.39. The van der Waals surface area contributed by atoms with Crippen molar-refractivity contribution in [2.24, 2.45) is 5.73 Å². The molecule has 1 aliphatic rings. The van der Waals surface area contributed by atoms with Crippen LogP contribution in [0.3, 0.4) is 0 Å². The Morgan fingerprint density at radius 3 is 2.72 bits per heavy atom. The van der Waals surface area contributed by atoms with Crippen LogP contribution in [0.2, 0.25) is 0 Å². The van der Waals surface area contributed by atoms with E-state index in [1.807, 2.05) is 4.90 Å². The molecular weight excluding hydrogens is 403 g/mol. The van der Waals surface area contributed by atoms with Crippen molar-refractivity contribution < 1.29 is 22.5 Å². The molecule has 0 bridgehead atoms. The van der Waals surface area contributed by atoms with Gasteiger partial charge >= 0.3 is 5.69 Å². The first-order valence-electron chi connectivity index (χ1n) is 8.77. The molecule has 154 valence electrons. The summed E-state index contributed by atoms with van der Waals surface area (Å²) in [5.74, 6) is -1.64. The van der Waals surface area contributed by atoms with Crippen molar-refractivity contribution in [3.05, 3.63) is 64.0 Å². The zero-order chi connectivity index (χ0) is 21.2. The largest absolute Gasteiger partial charge is 0.368 e. The molecule has 0 spiro atoms. The monoisotopic (exact) mass is 422 g/mol. The van der Waals surface area contributed by atoms with Gasteiger partial charge in [0, 0.05) is 12.2 Å². The summed E-state index contributed by atoms with van der Waals surface area (Å²) >= 11 is 0. The Morgan fingerprint density at radius 2 is 2.03 bits per heavy atom. The summed E-state index contributed by atoms with van der Waals surface area (Å²) in [5.41, 5.74) is 5.19. The molecule has 1 heterocycles. The first kappa shape index (κ1) is 20.7. The van der Waals surface area contributed by atoms with E-state index in [0.717, 1.165) is 30.2 Å². The van der Waals surface area contributed by atoms with Crippen LogP contribution < -0.4 is 10.5 Å². The van der Waals surface area contributed by atoms with Gasteiger partial charge in [0.15, 0.2) is 4.90 Å². The van der Waals surface area contributed by atoms with E-state index in [1.54, 1.807) is 18.2 Å². The van der Waals surface area contributed by atoms with E-state index in [1.165, 1.54) is 6.07 Å². The molecular formula is C18H19FN4O5S. The lowest BCUT2D eigenvalue weighted by Gasteiger charge is -2.22. The number of rotatable bonds is 7. The average Bonchev–Trinajstić information content (AvgIpc) is 3.09. The number of nitrogens with two attached hydrogens (primary N) is 1. The summed E-state index contributed by atoms with van der Waals surface area (Å²) in [6, 6.07) is 8.91. The van der Waals surface area contributed by atoms with Crippen molar-refractivity contribution >= 4 is 27.3 Å². The van der Waals surface area contributed by atoms with Crippen molar-refractivity contribution in [3.8, 4) is 0 Å². The minimum Gasteiger partial charge on any atom is -0.368 e. The number of carbonyl (C=O) groups excluding carboxylic acids is 1. The molecule has 1 amide bonds. The van der Waals surface area contributed by atoms with Crippen LogP contribution in [0.5, 0.6) is 0 Å². The molecule has 1 fully saturated rings. The van der Waals surface area contributed by atoms with E-state index in [2.05, 4.69) is 4.72 Å². The maximum Gasteiger partial charge on any atom is 0.325 e. The molecule has 11 heteroatoms. The van der Waals surface area contributed by atoms with E-state index in [0.29, 0.717) is 19.5 Å². The number of carbonyl (C=O) groups is 1. The highest BCUT2D eigenvalue weighted by Gasteiger charge is 2.30. The highest BCUT2D eigenvalue weighted by molar-refractivity contribution is 7.92. The third-order valence-corrected chi connectivity index (χ3v) is 6.09. The second-order valence-electron chi connectivity index (χ2n) is 6.68. The third kappa shape index (κ3) is 4.51. The van der Waals surface area contributed by atoms with Gasteiger partial charge in [-0.05, 0) is 49.2 Å². The van der Waals surface area contributed by atoms with Gasteiger partial charge in [0.2, 0.25) is 11.7 Å². The Morgan fingerprint density at radius 1 is 1.31 bits per heavy atom. The number of likely N-dealkylation sites (tertiary alicyclic amines) is 1. The number of amides is 1. The fourth-order valence-corrected chi connectivity index (χ4v) is 4.64. The number of para-hydroxylation sites is 1. The molecule has 1 unspecified atom stereocenters. The van der Waals surface area contributed by atoms with Gasteiger partial charge in [0.25, 0.3) is 10.0 Å². The second kappa shape index (κ2) is 8.13. The molecule has 0 radical (unpaired) electrons. The first-order valence-corrected chi connectivity index (χ1v) is 10.3. The quantitative estimate of drug-likeness (QED) is 0.517. The second-order valence-corrected chi connectivity index (χ2v) is 8.33. The van der Waals surface area contributed by atoms with E-state index >= 15 is 0 Å². The number of benzene rings is 2. The van der Waals surface area contributed by atoms with Gasteiger partial charge in [0.1, 0.15) is 0 Å². The van der Waals surface area contributed by atoms with Crippen molar-refractivity contribution in [3.63, 3.8) is 0 Å². The van der Waals surface area contributed by atoms with Gasteiger partial charge in [-0.2, -0.15) is 4.39 Å². The van der Waals surface area contributed by atoms with Crippen LogP contribution in [0, 0.1) is 15.9 Å². The lowest BCUT2D eigenvalue weighted by molar-refractivity contribution is -0.390. The Labute approximate surface area is 166 Å². The van der Waals surface area contributed by atoms with Gasteiger partial charge in [0.05, 0.1) is 11.0 Å². The molecule has 1 aliphatic heterocycles. The topological polar surface area (TPSA) is 136 Å². The third-order valence-electron chi connectivity index (χ3n) is 4.68. The summed E-state index contributed by atoms with van der Waals surface area (Å²) in [7, 11) is -4.40. The van der Waals surface area contributed by atoms with Gasteiger partial charge < -0.3 is 5.73 Å². The number of nitrogens with one attached hydrogen (secondary N) is 1. The van der Waals surface area contributed by atoms with E-state index in [9.17, 15) is 27.7 Å². The minimum absolute atomic E-state index is 0.163. The zero-order valence-electron chi connectivity index (χ0n) is 15.2. The van der Waals surface area contributed by atoms with E-state index in [4.69, 9.17) is 5.73 Å². The predicted octanol–water partition coefficient (Wildman–Crippen LogP) is 1.98. The molecule has 1 saturated heterocycles. The van der Waals surface area contributed by atoms with Crippen LogP contribution in [-0.4, -0.2) is 36.7 Å². The molecule has 2 aromatic carbocycles. The number of nitro benzene ring substituents is 1. The molecule has 1 atom stereocenters. The average molecular weight is 422 g/mol. The Balaban J connectivity index is 1.84. The summed E-state index contributed by atoms with van der Waals surface area (Å²) < 4.78 is 41.3. The molecule has 9 nitrogen and oxygen atoms in total. The number of halogens is 1. The van der Waals surface area contributed by atoms with Crippen LogP contribution in [-0.2, 0) is 21.4 Å². The summed E-state index contributed by atoms with van der Waals surface area (Å²) in [6.45, 7) is 1.09. The van der Waals surface area contributed by atoms with Crippen LogP contribution >= 0.6 is 0 Å². The highest BCUT2D eigenvalue weighted by Crippen LogP contribution is 2.29. The zero-order valence-corrected chi connectivity index (χ0v) is 16.1. The minimum atomic E-state index is -4.40. The van der Waals surface area contributed by atoms with Gasteiger partial charge in [-0.1, -0.05) is 18.2 Å². The van der Waals surface area contributed by atoms with Gasteiger partial charge in [-0.25, -0.2) is 8.42 Å². The summed E-state index contributed by atoms with van der Waals surface area (Å²) in [6.07, 6.45) is 1.51. The number of nitrogens with zero attached hydrogens (tertiary/aromatic N) is 2. The van der Waals surface area contributed by atoms with E-state index in [-0.39, 0.29) is 11.7 Å². The van der Waals surface area contributed by atoms with Gasteiger partial charge in [-0.3, -0.25) is 24.5 Å². The Kier molecular flexibility index (Phi) is 5.80. The Hall–Kier alpha value is -3.05. The molecule has 3 rings (SSSR count). The van der Waals surface area contributed by atoms with Crippen LogP contribution in [0.4, 0.5) is 15.8 Å². The summed E-state index contributed by atoms with van der Waals surface area (Å²) in [5, 5.41) is 11.1. The fourth-order valence-electron chi connectivity index (χ4n) is 3.40. The van der Waals surface area contributed by atoms with E-state index < -0.39 is 37.3 Å². The normalized spacial score (nSPS) is 17.2. The lowest BCUT2D eigenvalue weighted by atomic mass is 10.1. The molecule has 0 aliphatic carbocycles. The number of primary amides is 1. The smallest absolute Gasteiger partial charge is 0.325 e. The number of sulfonamides is 1. The van der Waals surface area contributed by atoms with Crippen molar-refractivity contribution in [1.82, 2.24) is 4.90 Å². The molecule has 3 N–H and O–H groups in total. The molecule has 29 heavy (non-hydrogen) atoms. The molecule has 0 aromatic heterocycles. The number of hydrogen-bond acceptors (Lipinski definition) is 6. The number of nitro groups is 1.